The molecule has 0 fully saturated rings. The van der Waals surface area contributed by atoms with E-state index in [0.29, 0.717) is 12.2 Å². The Morgan fingerprint density at radius 1 is 1.12 bits per heavy atom. The molecule has 3 aromatic carbocycles. The van der Waals surface area contributed by atoms with Crippen LogP contribution in [0.1, 0.15) is 38.9 Å². The summed E-state index contributed by atoms with van der Waals surface area (Å²) >= 11 is 0. The van der Waals surface area contributed by atoms with Gasteiger partial charge >= 0.3 is 0 Å². The second-order valence-corrected chi connectivity index (χ2v) is 7.82. The van der Waals surface area contributed by atoms with Crippen molar-refractivity contribution < 1.29 is 19.0 Å². The second kappa shape index (κ2) is 11.4. The summed E-state index contributed by atoms with van der Waals surface area (Å²) in [7, 11) is 0. The molecule has 178 valence electrons. The molecule has 1 heterocycles. The van der Waals surface area contributed by atoms with Gasteiger partial charge in [0.15, 0.2) is 0 Å². The maximum atomic E-state index is 13.3. The number of aliphatic hydroxyl groups is 1. The molecule has 4 rings (SSSR count). The van der Waals surface area contributed by atoms with Gasteiger partial charge in [0, 0.05) is 5.39 Å². The Morgan fingerprint density at radius 3 is 2.53 bits per heavy atom. The minimum Gasteiger partial charge on any atom is -0.484 e. The Hall–Kier alpha value is -3.71. The predicted octanol–water partition coefficient (Wildman–Crippen LogP) is 5.20. The standard InChI is InChI=1S/C26H26FN3O3.CH4/c1-2-6-23(29-25(32)17-31)26(18-7-4-3-5-8-18)33-22-13-14-24-19(15-22)16-28-30(24)21-11-9-20(27)10-12-21;/h3-5,7-16,23,26,31H,2,6,17H2,1H3,(H,29,32);1H4/t23-,26+;/m0./s1. The number of fused-ring (bicyclic) bond motifs is 1. The van der Waals surface area contributed by atoms with Crippen LogP contribution in [-0.2, 0) is 4.79 Å². The summed E-state index contributed by atoms with van der Waals surface area (Å²) in [6.07, 6.45) is 2.83. The van der Waals surface area contributed by atoms with Gasteiger partial charge in [-0.1, -0.05) is 51.1 Å². The molecule has 2 N–H and O–H groups in total. The van der Waals surface area contributed by atoms with Gasteiger partial charge in [0.1, 0.15) is 24.3 Å². The van der Waals surface area contributed by atoms with Crippen molar-refractivity contribution in [2.45, 2.75) is 39.3 Å². The summed E-state index contributed by atoms with van der Waals surface area (Å²) in [5, 5.41) is 17.4. The lowest BCUT2D eigenvalue weighted by Gasteiger charge is -2.29. The lowest BCUT2D eigenvalue weighted by Crippen LogP contribution is -2.42. The number of amides is 1. The van der Waals surface area contributed by atoms with Crippen LogP contribution in [0.2, 0.25) is 0 Å². The highest BCUT2D eigenvalue weighted by atomic mass is 19.1. The Kier molecular flexibility index (Phi) is 8.38. The number of carbonyl (C=O) groups is 1. The molecule has 1 aromatic heterocycles. The van der Waals surface area contributed by atoms with E-state index in [4.69, 9.17) is 4.74 Å². The van der Waals surface area contributed by atoms with Gasteiger partial charge < -0.3 is 15.2 Å². The molecule has 34 heavy (non-hydrogen) atoms. The summed E-state index contributed by atoms with van der Waals surface area (Å²) < 4.78 is 21.5. The number of hydrogen-bond acceptors (Lipinski definition) is 4. The molecule has 0 radical (unpaired) electrons. The first kappa shape index (κ1) is 24.9. The zero-order chi connectivity index (χ0) is 23.2. The van der Waals surface area contributed by atoms with Crippen LogP contribution in [0.3, 0.4) is 0 Å². The fourth-order valence-electron chi connectivity index (χ4n) is 3.91. The molecule has 0 saturated heterocycles. The van der Waals surface area contributed by atoms with Gasteiger partial charge in [-0.25, -0.2) is 9.07 Å². The smallest absolute Gasteiger partial charge is 0.246 e. The molecule has 0 aliphatic carbocycles. The molecule has 0 aliphatic heterocycles. The van der Waals surface area contributed by atoms with Crippen LogP contribution >= 0.6 is 0 Å². The Labute approximate surface area is 199 Å². The van der Waals surface area contributed by atoms with Crippen LogP contribution in [0, 0.1) is 5.82 Å². The second-order valence-electron chi connectivity index (χ2n) is 7.82. The number of halogens is 1. The third kappa shape index (κ3) is 5.61. The third-order valence-electron chi connectivity index (χ3n) is 5.46. The van der Waals surface area contributed by atoms with Gasteiger partial charge in [-0.05, 0) is 54.4 Å². The Balaban J connectivity index is 0.00000324. The monoisotopic (exact) mass is 463 g/mol. The molecule has 0 aliphatic rings. The van der Waals surface area contributed by atoms with Crippen molar-refractivity contribution in [3.63, 3.8) is 0 Å². The van der Waals surface area contributed by atoms with Gasteiger partial charge in [-0.3, -0.25) is 4.79 Å². The normalized spacial score (nSPS) is 12.6. The van der Waals surface area contributed by atoms with E-state index in [1.54, 1.807) is 23.0 Å². The number of hydrogen-bond donors (Lipinski definition) is 2. The molecular weight excluding hydrogens is 433 g/mol. The summed E-state index contributed by atoms with van der Waals surface area (Å²) in [5.74, 6) is -0.101. The van der Waals surface area contributed by atoms with Crippen molar-refractivity contribution in [2.75, 3.05) is 6.61 Å². The summed E-state index contributed by atoms with van der Waals surface area (Å²) in [6.45, 7) is 1.46. The number of aromatic nitrogens is 2. The van der Waals surface area contributed by atoms with Crippen molar-refractivity contribution in [1.82, 2.24) is 15.1 Å². The number of benzene rings is 3. The number of nitrogens with zero attached hydrogens (tertiary/aromatic N) is 2. The van der Waals surface area contributed by atoms with E-state index in [9.17, 15) is 14.3 Å². The average Bonchev–Trinajstić information content (AvgIpc) is 3.26. The van der Waals surface area contributed by atoms with Crippen LogP contribution in [0.5, 0.6) is 5.75 Å². The highest BCUT2D eigenvalue weighted by Crippen LogP contribution is 2.30. The predicted molar refractivity (Wildman–Crippen MR) is 131 cm³/mol. The zero-order valence-corrected chi connectivity index (χ0v) is 18.3. The molecule has 7 heteroatoms. The first-order valence-corrected chi connectivity index (χ1v) is 10.9. The number of nitrogens with one attached hydrogen (secondary N) is 1. The maximum absolute atomic E-state index is 13.3. The summed E-state index contributed by atoms with van der Waals surface area (Å²) in [6, 6.07) is 21.2. The third-order valence-corrected chi connectivity index (χ3v) is 5.46. The topological polar surface area (TPSA) is 76.4 Å². The number of carbonyl (C=O) groups excluding carboxylic acids is 1. The molecule has 2 atom stereocenters. The molecule has 0 bridgehead atoms. The quantitative estimate of drug-likeness (QED) is 0.358. The van der Waals surface area contributed by atoms with Crippen molar-refractivity contribution in [3.05, 3.63) is 90.4 Å². The van der Waals surface area contributed by atoms with E-state index in [1.807, 2.05) is 55.5 Å². The minimum absolute atomic E-state index is 0. The number of rotatable bonds is 9. The van der Waals surface area contributed by atoms with E-state index >= 15 is 0 Å². The van der Waals surface area contributed by atoms with Crippen LogP contribution in [0.25, 0.3) is 16.6 Å². The van der Waals surface area contributed by atoms with Crippen molar-refractivity contribution in [2.24, 2.45) is 0 Å². The minimum atomic E-state index is -0.573. The number of aliphatic hydroxyl groups excluding tert-OH is 1. The average molecular weight is 464 g/mol. The van der Waals surface area contributed by atoms with E-state index in [2.05, 4.69) is 10.4 Å². The SMILES string of the molecule is C.CCC[C@H](NC(=O)CO)[C@H](Oc1ccc2c(cnn2-c2ccc(F)cc2)c1)c1ccccc1. The van der Waals surface area contributed by atoms with Gasteiger partial charge in [0.2, 0.25) is 5.91 Å². The maximum Gasteiger partial charge on any atom is 0.246 e. The lowest BCUT2D eigenvalue weighted by atomic mass is 9.98. The van der Waals surface area contributed by atoms with E-state index < -0.39 is 18.6 Å². The van der Waals surface area contributed by atoms with Gasteiger partial charge in [-0.15, -0.1) is 0 Å². The molecule has 6 nitrogen and oxygen atoms in total. The molecule has 0 saturated carbocycles. The van der Waals surface area contributed by atoms with E-state index in [1.165, 1.54) is 12.1 Å². The molecule has 1 amide bonds. The summed E-state index contributed by atoms with van der Waals surface area (Å²) in [5.41, 5.74) is 2.55. The van der Waals surface area contributed by atoms with E-state index in [-0.39, 0.29) is 19.3 Å². The van der Waals surface area contributed by atoms with Crippen molar-refractivity contribution in [3.8, 4) is 11.4 Å². The Morgan fingerprint density at radius 2 is 1.85 bits per heavy atom. The largest absolute Gasteiger partial charge is 0.484 e. The van der Waals surface area contributed by atoms with Crippen LogP contribution in [0.4, 0.5) is 4.39 Å². The van der Waals surface area contributed by atoms with Crippen LogP contribution < -0.4 is 10.1 Å². The number of ether oxygens (including phenoxy) is 1. The highest BCUT2D eigenvalue weighted by molar-refractivity contribution is 5.81. The Bertz CT molecular complexity index is 1210. The first-order valence-electron chi connectivity index (χ1n) is 10.9. The van der Waals surface area contributed by atoms with Gasteiger partial charge in [-0.2, -0.15) is 5.10 Å². The fraction of sp³-hybridized carbons (Fsp3) is 0.259. The van der Waals surface area contributed by atoms with Gasteiger partial charge in [0.05, 0.1) is 23.4 Å². The fourth-order valence-corrected chi connectivity index (χ4v) is 3.91. The van der Waals surface area contributed by atoms with Crippen molar-refractivity contribution >= 4 is 16.8 Å². The van der Waals surface area contributed by atoms with Crippen molar-refractivity contribution in [1.29, 1.82) is 0 Å². The first-order chi connectivity index (χ1) is 16.1. The van der Waals surface area contributed by atoms with Gasteiger partial charge in [0.25, 0.3) is 0 Å². The molecular formula is C27H30FN3O3. The summed E-state index contributed by atoms with van der Waals surface area (Å²) in [4.78, 5) is 12.0. The molecule has 0 spiro atoms. The van der Waals surface area contributed by atoms with E-state index in [0.717, 1.165) is 28.6 Å². The molecule has 4 aromatic rings. The zero-order valence-electron chi connectivity index (χ0n) is 18.3. The highest BCUT2D eigenvalue weighted by Gasteiger charge is 2.26. The van der Waals surface area contributed by atoms with Crippen LogP contribution in [-0.4, -0.2) is 33.4 Å². The van der Waals surface area contributed by atoms with Crippen LogP contribution in [0.15, 0.2) is 79.0 Å². The molecule has 0 unspecified atom stereocenters. The lowest BCUT2D eigenvalue weighted by molar-refractivity contribution is -0.125.